The number of aliphatic hydroxyl groups excluding tert-OH is 1. The van der Waals surface area contributed by atoms with Gasteiger partial charge in [-0.15, -0.1) is 0 Å². The standard InChI is InChI=1S/C18H27N3O/c1-15(22)12-21-9-7-16(8-10-21)13-20(2)14-18-6-4-3-5-17(18)11-19/h3-6,15-16,22H,7-10,12-14H2,1-2H3/t15-/m1/s1. The normalized spacial score (nSPS) is 18.3. The third kappa shape index (κ3) is 5.10. The summed E-state index contributed by atoms with van der Waals surface area (Å²) in [6.45, 7) is 6.71. The Bertz CT molecular complexity index is 501. The Balaban J connectivity index is 1.79. The zero-order valence-corrected chi connectivity index (χ0v) is 13.7. The highest BCUT2D eigenvalue weighted by atomic mass is 16.3. The molecule has 1 N–H and O–H groups in total. The van der Waals surface area contributed by atoms with Gasteiger partial charge in [-0.3, -0.25) is 0 Å². The molecule has 22 heavy (non-hydrogen) atoms. The molecule has 4 nitrogen and oxygen atoms in total. The van der Waals surface area contributed by atoms with Gasteiger partial charge in [0.05, 0.1) is 17.7 Å². The minimum Gasteiger partial charge on any atom is -0.392 e. The summed E-state index contributed by atoms with van der Waals surface area (Å²) in [5.41, 5.74) is 1.89. The molecule has 4 heteroatoms. The van der Waals surface area contributed by atoms with Crippen molar-refractivity contribution in [1.82, 2.24) is 9.80 Å². The van der Waals surface area contributed by atoms with Crippen LogP contribution in [0.3, 0.4) is 0 Å². The van der Waals surface area contributed by atoms with Crippen molar-refractivity contribution in [2.75, 3.05) is 33.2 Å². The molecule has 120 valence electrons. The molecule has 0 saturated carbocycles. The van der Waals surface area contributed by atoms with Crippen molar-refractivity contribution in [3.63, 3.8) is 0 Å². The fraction of sp³-hybridized carbons (Fsp3) is 0.611. The zero-order chi connectivity index (χ0) is 15.9. The summed E-state index contributed by atoms with van der Waals surface area (Å²) in [4.78, 5) is 4.68. The van der Waals surface area contributed by atoms with Crippen molar-refractivity contribution in [3.8, 4) is 6.07 Å². The topological polar surface area (TPSA) is 50.5 Å². The zero-order valence-electron chi connectivity index (χ0n) is 13.7. The van der Waals surface area contributed by atoms with E-state index in [1.54, 1.807) is 0 Å². The van der Waals surface area contributed by atoms with Crippen LogP contribution in [0.25, 0.3) is 0 Å². The average Bonchev–Trinajstić information content (AvgIpc) is 2.49. The summed E-state index contributed by atoms with van der Waals surface area (Å²) < 4.78 is 0. The number of hydrogen-bond acceptors (Lipinski definition) is 4. The molecule has 0 aromatic heterocycles. The van der Waals surface area contributed by atoms with Gasteiger partial charge in [0.25, 0.3) is 0 Å². The second kappa shape index (κ2) is 8.28. The molecule has 1 fully saturated rings. The molecule has 1 aromatic carbocycles. The third-order valence-electron chi connectivity index (χ3n) is 4.38. The largest absolute Gasteiger partial charge is 0.392 e. The van der Waals surface area contributed by atoms with Gasteiger partial charge in [0.15, 0.2) is 0 Å². The lowest BCUT2D eigenvalue weighted by Gasteiger charge is -2.34. The maximum Gasteiger partial charge on any atom is 0.0995 e. The number of aliphatic hydroxyl groups is 1. The van der Waals surface area contributed by atoms with E-state index in [9.17, 15) is 5.11 Å². The van der Waals surface area contributed by atoms with E-state index in [1.165, 1.54) is 12.8 Å². The molecular formula is C18H27N3O. The Labute approximate surface area is 134 Å². The first kappa shape index (κ1) is 17.0. The Morgan fingerprint density at radius 1 is 1.36 bits per heavy atom. The van der Waals surface area contributed by atoms with Crippen LogP contribution in [0.2, 0.25) is 0 Å². The molecule has 1 atom stereocenters. The second-order valence-corrected chi connectivity index (χ2v) is 6.56. The van der Waals surface area contributed by atoms with Crippen LogP contribution >= 0.6 is 0 Å². The van der Waals surface area contributed by atoms with Crippen LogP contribution in [-0.4, -0.2) is 54.2 Å². The minimum atomic E-state index is -0.235. The number of benzene rings is 1. The molecule has 0 unspecified atom stereocenters. The number of hydrogen-bond donors (Lipinski definition) is 1. The third-order valence-corrected chi connectivity index (χ3v) is 4.38. The van der Waals surface area contributed by atoms with Gasteiger partial charge >= 0.3 is 0 Å². The lowest BCUT2D eigenvalue weighted by molar-refractivity contribution is 0.0919. The fourth-order valence-corrected chi connectivity index (χ4v) is 3.29. The smallest absolute Gasteiger partial charge is 0.0995 e. The summed E-state index contributed by atoms with van der Waals surface area (Å²) in [6.07, 6.45) is 2.15. The van der Waals surface area contributed by atoms with Crippen LogP contribution in [0.1, 0.15) is 30.9 Å². The molecule has 1 aliphatic heterocycles. The lowest BCUT2D eigenvalue weighted by atomic mass is 9.96. The van der Waals surface area contributed by atoms with Gasteiger partial charge in [0.2, 0.25) is 0 Å². The number of β-amino-alcohol motifs (C(OH)–C–C–N with tert-alkyl or cyclic N) is 1. The quantitative estimate of drug-likeness (QED) is 0.874. The number of rotatable bonds is 6. The van der Waals surface area contributed by atoms with Gasteiger partial charge in [0, 0.05) is 19.6 Å². The van der Waals surface area contributed by atoms with Gasteiger partial charge in [-0.1, -0.05) is 18.2 Å². The highest BCUT2D eigenvalue weighted by Crippen LogP contribution is 2.19. The van der Waals surface area contributed by atoms with E-state index in [0.29, 0.717) is 5.92 Å². The molecule has 0 spiro atoms. The van der Waals surface area contributed by atoms with Crippen molar-refractivity contribution in [1.29, 1.82) is 5.26 Å². The fourth-order valence-electron chi connectivity index (χ4n) is 3.29. The first-order valence-electron chi connectivity index (χ1n) is 8.15. The summed E-state index contributed by atoms with van der Waals surface area (Å²) in [6, 6.07) is 10.1. The van der Waals surface area contributed by atoms with Gasteiger partial charge in [-0.2, -0.15) is 5.26 Å². The summed E-state index contributed by atoms with van der Waals surface area (Å²) >= 11 is 0. The van der Waals surface area contributed by atoms with Crippen LogP contribution in [0, 0.1) is 17.2 Å². The predicted molar refractivity (Wildman–Crippen MR) is 88.3 cm³/mol. The van der Waals surface area contributed by atoms with Crippen LogP contribution in [0.15, 0.2) is 24.3 Å². The van der Waals surface area contributed by atoms with E-state index in [2.05, 4.69) is 22.9 Å². The molecule has 0 amide bonds. The summed E-state index contributed by atoms with van der Waals surface area (Å²) in [5, 5.41) is 18.6. The molecule has 1 aromatic rings. The van der Waals surface area contributed by atoms with Crippen LogP contribution in [-0.2, 0) is 6.54 Å². The lowest BCUT2D eigenvalue weighted by Crippen LogP contribution is -2.40. The first-order valence-corrected chi connectivity index (χ1v) is 8.15. The van der Waals surface area contributed by atoms with Crippen molar-refractivity contribution >= 4 is 0 Å². The molecule has 0 bridgehead atoms. The maximum absolute atomic E-state index is 9.45. The highest BCUT2D eigenvalue weighted by Gasteiger charge is 2.21. The Morgan fingerprint density at radius 2 is 2.05 bits per heavy atom. The van der Waals surface area contributed by atoms with E-state index in [-0.39, 0.29) is 6.10 Å². The van der Waals surface area contributed by atoms with Crippen LogP contribution in [0.5, 0.6) is 0 Å². The Kier molecular flexibility index (Phi) is 6.38. The number of piperidine rings is 1. The Morgan fingerprint density at radius 3 is 2.68 bits per heavy atom. The van der Waals surface area contributed by atoms with Crippen molar-refractivity contribution in [2.24, 2.45) is 5.92 Å². The molecular weight excluding hydrogens is 274 g/mol. The number of nitriles is 1. The van der Waals surface area contributed by atoms with Gasteiger partial charge in [0.1, 0.15) is 0 Å². The SMILES string of the molecule is C[C@@H](O)CN1CCC(CN(C)Cc2ccccc2C#N)CC1. The maximum atomic E-state index is 9.45. The van der Waals surface area contributed by atoms with E-state index in [1.807, 2.05) is 31.2 Å². The van der Waals surface area contributed by atoms with E-state index < -0.39 is 0 Å². The van der Waals surface area contributed by atoms with Crippen molar-refractivity contribution in [3.05, 3.63) is 35.4 Å². The predicted octanol–water partition coefficient (Wildman–Crippen LogP) is 2.08. The second-order valence-electron chi connectivity index (χ2n) is 6.56. The van der Waals surface area contributed by atoms with Gasteiger partial charge < -0.3 is 14.9 Å². The van der Waals surface area contributed by atoms with Gasteiger partial charge in [-0.05, 0) is 57.5 Å². The average molecular weight is 301 g/mol. The minimum absolute atomic E-state index is 0.235. The van der Waals surface area contributed by atoms with Crippen LogP contribution < -0.4 is 0 Å². The molecule has 1 heterocycles. The van der Waals surface area contributed by atoms with E-state index in [0.717, 1.165) is 43.9 Å². The van der Waals surface area contributed by atoms with Gasteiger partial charge in [-0.25, -0.2) is 0 Å². The molecule has 0 aliphatic carbocycles. The molecule has 2 rings (SSSR count). The summed E-state index contributed by atoms with van der Waals surface area (Å²) in [7, 11) is 2.14. The molecule has 0 radical (unpaired) electrons. The molecule has 1 aliphatic rings. The first-order chi connectivity index (χ1) is 10.6. The van der Waals surface area contributed by atoms with Crippen molar-refractivity contribution < 1.29 is 5.11 Å². The van der Waals surface area contributed by atoms with Crippen molar-refractivity contribution in [2.45, 2.75) is 32.4 Å². The van der Waals surface area contributed by atoms with Crippen LogP contribution in [0.4, 0.5) is 0 Å². The highest BCUT2D eigenvalue weighted by molar-refractivity contribution is 5.37. The summed E-state index contributed by atoms with van der Waals surface area (Å²) in [5.74, 6) is 0.712. The number of nitrogens with zero attached hydrogens (tertiary/aromatic N) is 3. The monoisotopic (exact) mass is 301 g/mol. The Hall–Kier alpha value is -1.41. The molecule has 1 saturated heterocycles. The van der Waals surface area contributed by atoms with E-state index >= 15 is 0 Å². The van der Waals surface area contributed by atoms with E-state index in [4.69, 9.17) is 5.26 Å². The number of likely N-dealkylation sites (tertiary alicyclic amines) is 1.